The molecule has 0 aliphatic heterocycles. The topological polar surface area (TPSA) is 76.3 Å². The van der Waals surface area contributed by atoms with E-state index in [1.165, 1.54) is 11.6 Å². The summed E-state index contributed by atoms with van der Waals surface area (Å²) >= 11 is 0. The first-order valence-electron chi connectivity index (χ1n) is 7.65. The van der Waals surface area contributed by atoms with Crippen molar-refractivity contribution in [3.63, 3.8) is 0 Å². The number of phenols is 1. The maximum Gasteiger partial charge on any atom is 0.330 e. The van der Waals surface area contributed by atoms with Gasteiger partial charge in [-0.2, -0.15) is 0 Å². The van der Waals surface area contributed by atoms with Crippen LogP contribution in [0.1, 0.15) is 24.5 Å². The van der Waals surface area contributed by atoms with E-state index < -0.39 is 0 Å². The van der Waals surface area contributed by atoms with Crippen molar-refractivity contribution in [1.29, 1.82) is 0 Å². The third-order valence-electron chi connectivity index (χ3n) is 3.96. The van der Waals surface area contributed by atoms with Crippen molar-refractivity contribution < 1.29 is 5.11 Å². The second-order valence-electron chi connectivity index (χ2n) is 5.90. The highest BCUT2D eigenvalue weighted by Crippen LogP contribution is 2.12. The lowest BCUT2D eigenvalue weighted by atomic mass is 10.1. The Morgan fingerprint density at radius 1 is 1.17 bits per heavy atom. The Kier molecular flexibility index (Phi) is 5.39. The van der Waals surface area contributed by atoms with Gasteiger partial charge in [-0.15, -0.1) is 0 Å². The predicted molar refractivity (Wildman–Crippen MR) is 89.7 cm³/mol. The Morgan fingerprint density at radius 2 is 1.83 bits per heavy atom. The Morgan fingerprint density at radius 3 is 2.48 bits per heavy atom. The molecule has 6 heteroatoms. The number of benzene rings is 1. The molecule has 0 bridgehead atoms. The number of hydrogen-bond acceptors (Lipinski definition) is 4. The summed E-state index contributed by atoms with van der Waals surface area (Å²) in [6.07, 6.45) is 3.39. The van der Waals surface area contributed by atoms with E-state index in [-0.39, 0.29) is 23.0 Å². The van der Waals surface area contributed by atoms with Crippen LogP contribution in [-0.2, 0) is 27.1 Å². The van der Waals surface area contributed by atoms with Gasteiger partial charge in [0.2, 0.25) is 0 Å². The third kappa shape index (κ3) is 4.32. The van der Waals surface area contributed by atoms with Crippen molar-refractivity contribution in [1.82, 2.24) is 14.5 Å². The van der Waals surface area contributed by atoms with Crippen LogP contribution in [0, 0.1) is 0 Å². The van der Waals surface area contributed by atoms with E-state index in [1.807, 2.05) is 12.1 Å². The van der Waals surface area contributed by atoms with E-state index in [0.29, 0.717) is 12.1 Å². The predicted octanol–water partition coefficient (Wildman–Crippen LogP) is 0.901. The number of aromatic nitrogens is 2. The fourth-order valence-corrected chi connectivity index (χ4v) is 2.44. The van der Waals surface area contributed by atoms with Gasteiger partial charge in [0.1, 0.15) is 5.75 Å². The van der Waals surface area contributed by atoms with E-state index in [9.17, 15) is 14.7 Å². The molecule has 0 radical (unpaired) electrons. The highest BCUT2D eigenvalue weighted by Gasteiger charge is 2.08. The highest BCUT2D eigenvalue weighted by atomic mass is 16.3. The second-order valence-corrected chi connectivity index (χ2v) is 5.90. The normalized spacial score (nSPS) is 12.3. The van der Waals surface area contributed by atoms with E-state index in [1.54, 1.807) is 25.4 Å². The van der Waals surface area contributed by atoms with Gasteiger partial charge in [-0.25, -0.2) is 4.79 Å². The molecule has 0 aliphatic rings. The molecule has 1 heterocycles. The van der Waals surface area contributed by atoms with Crippen molar-refractivity contribution in [2.75, 3.05) is 0 Å². The fourth-order valence-electron chi connectivity index (χ4n) is 2.44. The van der Waals surface area contributed by atoms with Crippen LogP contribution in [0.3, 0.4) is 0 Å². The van der Waals surface area contributed by atoms with E-state index >= 15 is 0 Å². The molecule has 0 fully saturated rings. The zero-order valence-electron chi connectivity index (χ0n) is 13.7. The minimum absolute atomic E-state index is 0.228. The summed E-state index contributed by atoms with van der Waals surface area (Å²) in [5.41, 5.74) is 1.16. The van der Waals surface area contributed by atoms with Gasteiger partial charge in [0, 0.05) is 38.4 Å². The van der Waals surface area contributed by atoms with Crippen LogP contribution in [0.2, 0.25) is 0 Å². The number of hydrogen-bond donors (Lipinski definition) is 2. The smallest absolute Gasteiger partial charge is 0.330 e. The molecule has 124 valence electrons. The molecular weight excluding hydrogens is 294 g/mol. The molecule has 0 aliphatic carbocycles. The van der Waals surface area contributed by atoms with Gasteiger partial charge in [0.15, 0.2) is 0 Å². The van der Waals surface area contributed by atoms with Gasteiger partial charge in [0.25, 0.3) is 5.56 Å². The molecule has 1 aromatic carbocycles. The van der Waals surface area contributed by atoms with Crippen LogP contribution in [0.4, 0.5) is 0 Å². The number of nitrogens with one attached hydrogen (secondary N) is 1. The molecule has 0 saturated carbocycles. The molecule has 23 heavy (non-hydrogen) atoms. The van der Waals surface area contributed by atoms with Crippen molar-refractivity contribution in [2.24, 2.45) is 14.1 Å². The Bertz CT molecular complexity index is 775. The summed E-state index contributed by atoms with van der Waals surface area (Å²) in [5, 5.41) is 12.6. The van der Waals surface area contributed by atoms with E-state index in [0.717, 1.165) is 23.0 Å². The van der Waals surface area contributed by atoms with Crippen LogP contribution < -0.4 is 16.6 Å². The maximum atomic E-state index is 12.1. The molecule has 1 unspecified atom stereocenters. The van der Waals surface area contributed by atoms with Gasteiger partial charge < -0.3 is 15.0 Å². The van der Waals surface area contributed by atoms with E-state index in [2.05, 4.69) is 12.2 Å². The van der Waals surface area contributed by atoms with Crippen LogP contribution in [0.5, 0.6) is 5.75 Å². The average molecular weight is 317 g/mol. The first kappa shape index (κ1) is 17.0. The molecule has 0 spiro atoms. The van der Waals surface area contributed by atoms with Crippen LogP contribution in [-0.4, -0.2) is 20.3 Å². The van der Waals surface area contributed by atoms with Crippen molar-refractivity contribution >= 4 is 0 Å². The Hall–Kier alpha value is -2.34. The Balaban J connectivity index is 1.92. The van der Waals surface area contributed by atoms with Gasteiger partial charge in [-0.1, -0.05) is 12.1 Å². The third-order valence-corrected chi connectivity index (χ3v) is 3.96. The first-order chi connectivity index (χ1) is 10.9. The molecule has 0 saturated heterocycles. The van der Waals surface area contributed by atoms with Crippen LogP contribution in [0.15, 0.2) is 40.1 Å². The molecule has 2 N–H and O–H groups in total. The fraction of sp³-hybridized carbons (Fsp3) is 0.412. The van der Waals surface area contributed by atoms with Crippen molar-refractivity contribution in [3.05, 3.63) is 62.4 Å². The lowest BCUT2D eigenvalue weighted by molar-refractivity contribution is 0.474. The zero-order valence-corrected chi connectivity index (χ0v) is 13.7. The molecule has 2 aromatic rings. The monoisotopic (exact) mass is 317 g/mol. The summed E-state index contributed by atoms with van der Waals surface area (Å²) < 4.78 is 2.54. The standard InChI is InChI=1S/C17H23N3O3/c1-12(4-5-13-6-8-15(21)9-7-13)18-10-14-11-19(2)17(23)20(3)16(14)22/h6-9,11-12,18,21H,4-5,10H2,1-3H3. The minimum atomic E-state index is -0.320. The molecule has 1 atom stereocenters. The summed E-state index contributed by atoms with van der Waals surface area (Å²) in [5.74, 6) is 0.269. The maximum absolute atomic E-state index is 12.1. The molecule has 2 rings (SSSR count). The molecular formula is C17H23N3O3. The second kappa shape index (κ2) is 7.28. The zero-order chi connectivity index (χ0) is 17.0. The largest absolute Gasteiger partial charge is 0.508 e. The van der Waals surface area contributed by atoms with Crippen molar-refractivity contribution in [2.45, 2.75) is 32.4 Å². The van der Waals surface area contributed by atoms with Crippen molar-refractivity contribution in [3.8, 4) is 5.75 Å². The molecule has 1 aromatic heterocycles. The van der Waals surface area contributed by atoms with Crippen LogP contribution >= 0.6 is 0 Å². The summed E-state index contributed by atoms with van der Waals surface area (Å²) in [4.78, 5) is 23.7. The number of rotatable bonds is 6. The van der Waals surface area contributed by atoms with Gasteiger partial charge in [0.05, 0.1) is 0 Å². The minimum Gasteiger partial charge on any atom is -0.508 e. The lowest BCUT2D eigenvalue weighted by Crippen LogP contribution is -2.40. The van der Waals surface area contributed by atoms with Gasteiger partial charge >= 0.3 is 5.69 Å². The molecule has 0 amide bonds. The Labute approximate surface area is 135 Å². The van der Waals surface area contributed by atoms with Gasteiger partial charge in [-0.05, 0) is 37.5 Å². The van der Waals surface area contributed by atoms with Crippen LogP contribution in [0.25, 0.3) is 0 Å². The summed E-state index contributed by atoms with van der Waals surface area (Å²) in [6, 6.07) is 7.41. The lowest BCUT2D eigenvalue weighted by Gasteiger charge is -2.14. The average Bonchev–Trinajstić information content (AvgIpc) is 2.54. The molecule has 6 nitrogen and oxygen atoms in total. The first-order valence-corrected chi connectivity index (χ1v) is 7.65. The summed E-state index contributed by atoms with van der Waals surface area (Å²) in [6.45, 7) is 2.49. The number of phenolic OH excluding ortho intramolecular Hbond substituents is 1. The number of aryl methyl sites for hydroxylation is 2. The summed E-state index contributed by atoms with van der Waals surface area (Å²) in [7, 11) is 3.13. The number of aromatic hydroxyl groups is 1. The SMILES string of the molecule is CC(CCc1ccc(O)cc1)NCc1cn(C)c(=O)n(C)c1=O. The highest BCUT2D eigenvalue weighted by molar-refractivity contribution is 5.25. The van der Waals surface area contributed by atoms with Gasteiger partial charge in [-0.3, -0.25) is 9.36 Å². The quantitative estimate of drug-likeness (QED) is 0.830. The number of nitrogens with zero attached hydrogens (tertiary/aromatic N) is 2. The van der Waals surface area contributed by atoms with E-state index in [4.69, 9.17) is 0 Å².